The Bertz CT molecular complexity index is 901. The third-order valence-electron chi connectivity index (χ3n) is 5.06. The van der Waals surface area contributed by atoms with Gasteiger partial charge < -0.3 is 15.0 Å². The number of carbonyl (C=O) groups excluding carboxylic acids is 3. The van der Waals surface area contributed by atoms with Gasteiger partial charge in [-0.1, -0.05) is 38.1 Å². The minimum absolute atomic E-state index is 0.0520. The highest BCUT2D eigenvalue weighted by atomic mass is 16.5. The summed E-state index contributed by atoms with van der Waals surface area (Å²) in [4.78, 5) is 38.3. The van der Waals surface area contributed by atoms with E-state index in [1.165, 1.54) is 0 Å². The Morgan fingerprint density at radius 2 is 1.76 bits per heavy atom. The average Bonchev–Trinajstić information content (AvgIpc) is 3.18. The van der Waals surface area contributed by atoms with E-state index in [-0.39, 0.29) is 18.4 Å². The van der Waals surface area contributed by atoms with Gasteiger partial charge in [-0.3, -0.25) is 9.59 Å². The molecule has 0 radical (unpaired) electrons. The number of esters is 1. The fraction of sp³-hybridized carbons (Fsp3) is 0.348. The summed E-state index contributed by atoms with van der Waals surface area (Å²) in [6, 6.07) is 12.7. The van der Waals surface area contributed by atoms with Gasteiger partial charge in [-0.2, -0.15) is 0 Å². The van der Waals surface area contributed by atoms with Crippen LogP contribution in [0.3, 0.4) is 0 Å². The van der Waals surface area contributed by atoms with Gasteiger partial charge in [0.15, 0.2) is 6.61 Å². The minimum Gasteiger partial charge on any atom is -0.452 e. The van der Waals surface area contributed by atoms with Crippen molar-refractivity contribution in [2.75, 3.05) is 23.4 Å². The van der Waals surface area contributed by atoms with Crippen molar-refractivity contribution in [3.8, 4) is 0 Å². The molecule has 1 fully saturated rings. The van der Waals surface area contributed by atoms with Gasteiger partial charge in [-0.05, 0) is 48.6 Å². The van der Waals surface area contributed by atoms with Crippen molar-refractivity contribution in [2.45, 2.75) is 39.5 Å². The predicted molar refractivity (Wildman–Crippen MR) is 112 cm³/mol. The molecule has 1 aliphatic heterocycles. The van der Waals surface area contributed by atoms with Crippen LogP contribution in [-0.2, 0) is 27.2 Å². The molecule has 29 heavy (non-hydrogen) atoms. The Labute approximate surface area is 170 Å². The summed E-state index contributed by atoms with van der Waals surface area (Å²) in [6.07, 6.45) is 2.93. The molecule has 6 nitrogen and oxygen atoms in total. The van der Waals surface area contributed by atoms with Crippen LogP contribution < -0.4 is 10.2 Å². The van der Waals surface area contributed by atoms with Crippen molar-refractivity contribution in [3.63, 3.8) is 0 Å². The number of aryl methyl sites for hydroxylation is 2. The van der Waals surface area contributed by atoms with Crippen molar-refractivity contribution in [3.05, 3.63) is 59.2 Å². The van der Waals surface area contributed by atoms with Gasteiger partial charge in [0.2, 0.25) is 5.91 Å². The second kappa shape index (κ2) is 9.37. The zero-order chi connectivity index (χ0) is 20.8. The summed E-state index contributed by atoms with van der Waals surface area (Å²) in [5.74, 6) is -0.913. The van der Waals surface area contributed by atoms with E-state index in [4.69, 9.17) is 4.74 Å². The topological polar surface area (TPSA) is 75.7 Å². The van der Waals surface area contributed by atoms with Crippen LogP contribution in [0, 0.1) is 0 Å². The van der Waals surface area contributed by atoms with Crippen LogP contribution in [0.5, 0.6) is 0 Å². The van der Waals surface area contributed by atoms with Crippen LogP contribution in [0.4, 0.5) is 11.4 Å². The van der Waals surface area contributed by atoms with E-state index in [0.717, 1.165) is 36.1 Å². The standard InChI is InChI=1S/C23H26N2O4/c1-3-16-8-5-9-17(4-2)22(16)24-20(26)15-29-23(28)18-10-6-11-19(14-18)25-13-7-12-21(25)27/h5-6,8-11,14H,3-4,7,12-13,15H2,1-2H3,(H,24,26). The first-order valence-corrected chi connectivity index (χ1v) is 10.0. The highest BCUT2D eigenvalue weighted by Crippen LogP contribution is 2.24. The summed E-state index contributed by atoms with van der Waals surface area (Å²) in [5.41, 5.74) is 3.89. The molecule has 0 unspecified atom stereocenters. The fourth-order valence-corrected chi connectivity index (χ4v) is 3.51. The zero-order valence-corrected chi connectivity index (χ0v) is 16.9. The largest absolute Gasteiger partial charge is 0.452 e. The van der Waals surface area contributed by atoms with Crippen LogP contribution in [0.1, 0.15) is 48.2 Å². The van der Waals surface area contributed by atoms with Gasteiger partial charge in [0.1, 0.15) is 0 Å². The lowest BCUT2D eigenvalue weighted by Crippen LogP contribution is -2.24. The van der Waals surface area contributed by atoms with E-state index in [9.17, 15) is 14.4 Å². The predicted octanol–water partition coefficient (Wildman–Crippen LogP) is 3.73. The lowest BCUT2D eigenvalue weighted by molar-refractivity contribution is -0.119. The first-order valence-electron chi connectivity index (χ1n) is 10.0. The second-order valence-corrected chi connectivity index (χ2v) is 6.98. The number of benzene rings is 2. The van der Waals surface area contributed by atoms with Gasteiger partial charge in [-0.15, -0.1) is 0 Å². The SMILES string of the molecule is CCc1cccc(CC)c1NC(=O)COC(=O)c1cccc(N2CCCC2=O)c1. The number of amides is 2. The normalized spacial score (nSPS) is 13.4. The number of hydrogen-bond donors (Lipinski definition) is 1. The Morgan fingerprint density at radius 3 is 2.38 bits per heavy atom. The van der Waals surface area contributed by atoms with E-state index in [0.29, 0.717) is 24.2 Å². The Morgan fingerprint density at radius 1 is 1.07 bits per heavy atom. The molecule has 1 aliphatic rings. The number of ether oxygens (including phenoxy) is 1. The van der Waals surface area contributed by atoms with Gasteiger partial charge in [0, 0.05) is 24.3 Å². The first-order chi connectivity index (χ1) is 14.0. The maximum atomic E-state index is 12.4. The van der Waals surface area contributed by atoms with Crippen molar-refractivity contribution in [2.24, 2.45) is 0 Å². The molecule has 2 aromatic rings. The number of hydrogen-bond acceptors (Lipinski definition) is 4. The van der Waals surface area contributed by atoms with Crippen LogP contribution in [0.15, 0.2) is 42.5 Å². The molecule has 1 heterocycles. The van der Waals surface area contributed by atoms with Crippen LogP contribution >= 0.6 is 0 Å². The molecule has 0 aromatic heterocycles. The second-order valence-electron chi connectivity index (χ2n) is 6.98. The van der Waals surface area contributed by atoms with Gasteiger partial charge in [0.25, 0.3) is 5.91 Å². The lowest BCUT2D eigenvalue weighted by Gasteiger charge is -2.16. The molecule has 0 saturated carbocycles. The van der Waals surface area contributed by atoms with Crippen LogP contribution in [0.2, 0.25) is 0 Å². The number of para-hydroxylation sites is 1. The quantitative estimate of drug-likeness (QED) is 0.726. The van der Waals surface area contributed by atoms with Crippen molar-refractivity contribution in [1.29, 1.82) is 0 Å². The molecule has 6 heteroatoms. The average molecular weight is 394 g/mol. The number of nitrogens with one attached hydrogen (secondary N) is 1. The smallest absolute Gasteiger partial charge is 0.338 e. The van der Waals surface area contributed by atoms with E-state index in [1.54, 1.807) is 29.2 Å². The third kappa shape index (κ3) is 4.83. The summed E-state index contributed by atoms with van der Waals surface area (Å²) in [5, 5.41) is 2.88. The van der Waals surface area contributed by atoms with E-state index >= 15 is 0 Å². The monoisotopic (exact) mass is 394 g/mol. The number of anilines is 2. The number of carbonyl (C=O) groups is 3. The molecule has 152 valence electrons. The molecular formula is C23H26N2O4. The molecule has 0 bridgehead atoms. The summed E-state index contributed by atoms with van der Waals surface area (Å²) < 4.78 is 5.20. The zero-order valence-electron chi connectivity index (χ0n) is 16.9. The maximum Gasteiger partial charge on any atom is 0.338 e. The molecule has 2 amide bonds. The Kier molecular flexibility index (Phi) is 6.65. The highest BCUT2D eigenvalue weighted by molar-refractivity contribution is 5.99. The summed E-state index contributed by atoms with van der Waals surface area (Å²) in [7, 11) is 0. The maximum absolute atomic E-state index is 12.4. The molecule has 2 aromatic carbocycles. The molecular weight excluding hydrogens is 368 g/mol. The molecule has 1 N–H and O–H groups in total. The highest BCUT2D eigenvalue weighted by Gasteiger charge is 2.22. The summed E-state index contributed by atoms with van der Waals surface area (Å²) >= 11 is 0. The number of nitrogens with zero attached hydrogens (tertiary/aromatic N) is 1. The third-order valence-corrected chi connectivity index (χ3v) is 5.06. The molecule has 0 spiro atoms. The summed E-state index contributed by atoms with van der Waals surface area (Å²) in [6.45, 7) is 4.34. The van der Waals surface area contributed by atoms with Crippen molar-refractivity contribution < 1.29 is 19.1 Å². The van der Waals surface area contributed by atoms with E-state index < -0.39 is 5.97 Å². The van der Waals surface area contributed by atoms with E-state index in [2.05, 4.69) is 5.32 Å². The van der Waals surface area contributed by atoms with Crippen LogP contribution in [-0.4, -0.2) is 30.9 Å². The Balaban J connectivity index is 1.63. The van der Waals surface area contributed by atoms with E-state index in [1.807, 2.05) is 32.0 Å². The molecule has 1 saturated heterocycles. The lowest BCUT2D eigenvalue weighted by atomic mass is 10.0. The van der Waals surface area contributed by atoms with Crippen molar-refractivity contribution in [1.82, 2.24) is 0 Å². The Hall–Kier alpha value is -3.15. The van der Waals surface area contributed by atoms with Gasteiger partial charge in [0.05, 0.1) is 5.56 Å². The fourth-order valence-electron chi connectivity index (χ4n) is 3.51. The number of rotatable bonds is 7. The van der Waals surface area contributed by atoms with Gasteiger partial charge >= 0.3 is 5.97 Å². The van der Waals surface area contributed by atoms with Crippen LogP contribution in [0.25, 0.3) is 0 Å². The van der Waals surface area contributed by atoms with Gasteiger partial charge in [-0.25, -0.2) is 4.79 Å². The minimum atomic E-state index is -0.590. The molecule has 0 atom stereocenters. The van der Waals surface area contributed by atoms with Crippen molar-refractivity contribution >= 4 is 29.2 Å². The molecule has 3 rings (SSSR count). The molecule has 0 aliphatic carbocycles. The first kappa shape index (κ1) is 20.6.